The fourth-order valence-corrected chi connectivity index (χ4v) is 8.95. The van der Waals surface area contributed by atoms with Crippen LogP contribution in [-0.4, -0.2) is 0 Å². The number of nitrogens with zero attached hydrogens (tertiary/aromatic N) is 1. The van der Waals surface area contributed by atoms with E-state index in [1.165, 1.54) is 88.0 Å². The zero-order chi connectivity index (χ0) is 40.5. The van der Waals surface area contributed by atoms with Crippen molar-refractivity contribution >= 4 is 49.4 Å². The van der Waals surface area contributed by atoms with Crippen molar-refractivity contribution in [2.24, 2.45) is 0 Å². The predicted octanol–water partition coefficient (Wildman–Crippen LogP) is 17.0. The van der Waals surface area contributed by atoms with Crippen molar-refractivity contribution in [2.75, 3.05) is 4.90 Å². The minimum Gasteiger partial charge on any atom is -0.310 e. The van der Waals surface area contributed by atoms with Gasteiger partial charge in [-0.15, -0.1) is 0 Å². The average Bonchev–Trinajstić information content (AvgIpc) is 3.35. The van der Waals surface area contributed by atoms with E-state index >= 15 is 0 Å². The number of benzene rings is 11. The lowest BCUT2D eigenvalue weighted by atomic mass is 9.90. The molecular weight excluding hydrogens is 735 g/mol. The zero-order valence-corrected chi connectivity index (χ0v) is 33.6. The highest BCUT2D eigenvalue weighted by molar-refractivity contribution is 6.23. The van der Waals surface area contributed by atoms with E-state index in [0.29, 0.717) is 0 Å². The molecule has 0 N–H and O–H groups in total. The fourth-order valence-electron chi connectivity index (χ4n) is 8.95. The summed E-state index contributed by atoms with van der Waals surface area (Å²) in [5, 5.41) is 7.65. The van der Waals surface area contributed by atoms with Gasteiger partial charge in [0.05, 0.1) is 0 Å². The van der Waals surface area contributed by atoms with Gasteiger partial charge < -0.3 is 4.90 Å². The smallest absolute Gasteiger partial charge is 0.0467 e. The Morgan fingerprint density at radius 3 is 1.20 bits per heavy atom. The SMILES string of the molecule is c1ccc(-c2ccc(-c3ccc(N(c4ccc(-c5cc6ccc7ccccc7c6c6ccccc56)cc4)c4cccc(-c5ccc(-c6ccccc6)cc5)c4)cc3)cc2)cc1. The largest absolute Gasteiger partial charge is 0.310 e. The Kier molecular flexibility index (Phi) is 9.26. The summed E-state index contributed by atoms with van der Waals surface area (Å²) < 4.78 is 0. The Morgan fingerprint density at radius 2 is 0.623 bits per heavy atom. The topological polar surface area (TPSA) is 3.24 Å². The van der Waals surface area contributed by atoms with Crippen LogP contribution in [0.4, 0.5) is 17.1 Å². The molecule has 1 nitrogen and oxygen atoms in total. The van der Waals surface area contributed by atoms with Gasteiger partial charge in [0.1, 0.15) is 0 Å². The summed E-state index contributed by atoms with van der Waals surface area (Å²) >= 11 is 0. The second-order valence-electron chi connectivity index (χ2n) is 15.7. The molecule has 0 aromatic heterocycles. The van der Waals surface area contributed by atoms with E-state index in [4.69, 9.17) is 0 Å². The van der Waals surface area contributed by atoms with Crippen LogP contribution >= 0.6 is 0 Å². The molecule has 11 aromatic carbocycles. The lowest BCUT2D eigenvalue weighted by Gasteiger charge is -2.26. The van der Waals surface area contributed by atoms with Crippen LogP contribution in [0.15, 0.2) is 249 Å². The average molecular weight is 776 g/mol. The number of rotatable bonds is 8. The summed E-state index contributed by atoms with van der Waals surface area (Å²) in [7, 11) is 0. The highest BCUT2D eigenvalue weighted by atomic mass is 15.1. The van der Waals surface area contributed by atoms with E-state index in [2.05, 4.69) is 254 Å². The third-order valence-electron chi connectivity index (χ3n) is 12.1. The molecule has 0 aliphatic carbocycles. The van der Waals surface area contributed by atoms with Crippen LogP contribution in [0, 0.1) is 0 Å². The van der Waals surface area contributed by atoms with Gasteiger partial charge in [0.15, 0.2) is 0 Å². The summed E-state index contributed by atoms with van der Waals surface area (Å²) in [6.45, 7) is 0. The van der Waals surface area contributed by atoms with Gasteiger partial charge in [-0.25, -0.2) is 0 Å². The van der Waals surface area contributed by atoms with Crippen molar-refractivity contribution in [3.63, 3.8) is 0 Å². The molecule has 0 fully saturated rings. The van der Waals surface area contributed by atoms with Crippen LogP contribution in [0.5, 0.6) is 0 Å². The van der Waals surface area contributed by atoms with E-state index in [0.717, 1.165) is 17.1 Å². The van der Waals surface area contributed by atoms with Crippen molar-refractivity contribution in [2.45, 2.75) is 0 Å². The Balaban J connectivity index is 0.982. The first-order chi connectivity index (χ1) is 30.2. The summed E-state index contributed by atoms with van der Waals surface area (Å²) in [4.78, 5) is 2.37. The normalized spacial score (nSPS) is 11.3. The lowest BCUT2D eigenvalue weighted by molar-refractivity contribution is 1.28. The van der Waals surface area contributed by atoms with Crippen molar-refractivity contribution in [3.05, 3.63) is 249 Å². The lowest BCUT2D eigenvalue weighted by Crippen LogP contribution is -2.10. The molecule has 0 radical (unpaired) electrons. The Hall–Kier alpha value is -8.00. The molecule has 0 atom stereocenters. The predicted molar refractivity (Wildman–Crippen MR) is 261 cm³/mol. The first-order valence-corrected chi connectivity index (χ1v) is 21.0. The van der Waals surface area contributed by atoms with Gasteiger partial charge in [0.2, 0.25) is 0 Å². The Labute approximate surface area is 357 Å². The second kappa shape index (κ2) is 15.6. The number of hydrogen-bond donors (Lipinski definition) is 0. The molecule has 0 saturated carbocycles. The van der Waals surface area contributed by atoms with Crippen molar-refractivity contribution < 1.29 is 0 Å². The van der Waals surface area contributed by atoms with Crippen LogP contribution in [0.25, 0.3) is 88.0 Å². The molecule has 0 heterocycles. The Morgan fingerprint density at radius 1 is 0.213 bits per heavy atom. The van der Waals surface area contributed by atoms with Gasteiger partial charge >= 0.3 is 0 Å². The van der Waals surface area contributed by atoms with E-state index in [-0.39, 0.29) is 0 Å². The zero-order valence-electron chi connectivity index (χ0n) is 33.6. The third kappa shape index (κ3) is 6.93. The monoisotopic (exact) mass is 775 g/mol. The molecule has 0 spiro atoms. The molecule has 0 bridgehead atoms. The molecule has 61 heavy (non-hydrogen) atoms. The van der Waals surface area contributed by atoms with Crippen LogP contribution in [0.1, 0.15) is 0 Å². The second-order valence-corrected chi connectivity index (χ2v) is 15.7. The summed E-state index contributed by atoms with van der Waals surface area (Å²) in [6.07, 6.45) is 0. The maximum absolute atomic E-state index is 2.37. The maximum atomic E-state index is 2.37. The van der Waals surface area contributed by atoms with Crippen molar-refractivity contribution in [1.29, 1.82) is 0 Å². The first-order valence-electron chi connectivity index (χ1n) is 21.0. The maximum Gasteiger partial charge on any atom is 0.0467 e. The van der Waals surface area contributed by atoms with E-state index in [1.54, 1.807) is 0 Å². The van der Waals surface area contributed by atoms with E-state index in [1.807, 2.05) is 0 Å². The van der Waals surface area contributed by atoms with Crippen molar-refractivity contribution in [1.82, 2.24) is 0 Å². The van der Waals surface area contributed by atoms with Gasteiger partial charge in [0.25, 0.3) is 0 Å². The minimum absolute atomic E-state index is 1.09. The molecule has 0 aliphatic heterocycles. The number of anilines is 3. The number of hydrogen-bond acceptors (Lipinski definition) is 1. The number of fused-ring (bicyclic) bond motifs is 5. The molecular formula is C60H41N. The molecule has 0 aliphatic rings. The molecule has 1 heteroatoms. The molecule has 11 aromatic rings. The van der Waals surface area contributed by atoms with Gasteiger partial charge in [-0.1, -0.05) is 206 Å². The molecule has 286 valence electrons. The van der Waals surface area contributed by atoms with Crippen molar-refractivity contribution in [3.8, 4) is 55.6 Å². The van der Waals surface area contributed by atoms with E-state index in [9.17, 15) is 0 Å². The van der Waals surface area contributed by atoms with Gasteiger partial charge in [-0.3, -0.25) is 0 Å². The quantitative estimate of drug-likeness (QED) is 0.139. The van der Waals surface area contributed by atoms with E-state index < -0.39 is 0 Å². The van der Waals surface area contributed by atoms with Crippen LogP contribution in [0.2, 0.25) is 0 Å². The van der Waals surface area contributed by atoms with Crippen LogP contribution in [-0.2, 0) is 0 Å². The van der Waals surface area contributed by atoms with Crippen LogP contribution < -0.4 is 4.90 Å². The molecule has 11 rings (SSSR count). The van der Waals surface area contributed by atoms with Gasteiger partial charge in [-0.05, 0) is 130 Å². The summed E-state index contributed by atoms with van der Waals surface area (Å²) in [5.74, 6) is 0. The summed E-state index contributed by atoms with van der Waals surface area (Å²) in [5.41, 5.74) is 15.3. The van der Waals surface area contributed by atoms with Gasteiger partial charge in [0, 0.05) is 17.1 Å². The summed E-state index contributed by atoms with van der Waals surface area (Å²) in [6, 6.07) is 90.3. The standard InChI is InChI=1S/C60H41N/c1-3-12-42(13-4-1)44-22-24-46(25-23-44)47-32-36-53(37-33-47)61(55-18-11-17-51(40-55)48-28-26-45(27-29-48)43-14-5-2-6-15-43)54-38-34-50(35-39-54)59-41-52-31-30-49-16-7-8-19-56(49)60(52)58-21-10-9-20-57(58)59/h1-41H. The Bertz CT molecular complexity index is 3300. The van der Waals surface area contributed by atoms with Gasteiger partial charge in [-0.2, -0.15) is 0 Å². The highest BCUT2D eigenvalue weighted by Crippen LogP contribution is 2.42. The molecule has 0 unspecified atom stereocenters. The molecule has 0 saturated heterocycles. The molecule has 0 amide bonds. The third-order valence-corrected chi connectivity index (χ3v) is 12.1. The fraction of sp³-hybridized carbons (Fsp3) is 0. The minimum atomic E-state index is 1.09. The highest BCUT2D eigenvalue weighted by Gasteiger charge is 2.16. The first kappa shape index (κ1) is 36.1. The van der Waals surface area contributed by atoms with Crippen LogP contribution in [0.3, 0.4) is 0 Å².